The van der Waals surface area contributed by atoms with Crippen LogP contribution >= 0.6 is 0 Å². The Morgan fingerprint density at radius 2 is 2.10 bits per heavy atom. The molecule has 6 atom stereocenters. The molecule has 4 rings (SSSR count). The van der Waals surface area contributed by atoms with Gasteiger partial charge in [0.1, 0.15) is 6.10 Å². The highest BCUT2D eigenvalue weighted by Gasteiger charge is 2.62. The second-order valence-corrected chi connectivity index (χ2v) is 9.90. The summed E-state index contributed by atoms with van der Waals surface area (Å²) in [5.74, 6) is -0.811. The molecular weight excluding hydrogens is 384 g/mol. The van der Waals surface area contributed by atoms with Crippen molar-refractivity contribution in [3.8, 4) is 0 Å². The normalized spacial score (nSPS) is 42.2. The average molecular weight is 421 g/mol. The summed E-state index contributed by atoms with van der Waals surface area (Å²) in [5, 5.41) is 21.7. The van der Waals surface area contributed by atoms with Gasteiger partial charge < -0.3 is 24.4 Å². The van der Waals surface area contributed by atoms with Gasteiger partial charge in [-0.15, -0.1) is 6.58 Å². The fourth-order valence-electron chi connectivity index (χ4n) is 6.71. The van der Waals surface area contributed by atoms with Crippen LogP contribution in [0.2, 0.25) is 0 Å². The zero-order valence-corrected chi connectivity index (χ0v) is 18.3. The Morgan fingerprint density at radius 3 is 2.73 bits per heavy atom. The Hall–Kier alpha value is -1.21. The van der Waals surface area contributed by atoms with E-state index in [2.05, 4.69) is 19.6 Å². The third-order valence-corrected chi connectivity index (χ3v) is 8.34. The van der Waals surface area contributed by atoms with Gasteiger partial charge in [0.15, 0.2) is 5.79 Å². The van der Waals surface area contributed by atoms with Gasteiger partial charge in [0.25, 0.3) is 0 Å². The third-order valence-electron chi connectivity index (χ3n) is 8.34. The highest BCUT2D eigenvalue weighted by atomic mass is 16.7. The molecule has 30 heavy (non-hydrogen) atoms. The molecule has 2 N–H and O–H groups in total. The number of fused-ring (bicyclic) bond motifs is 3. The molecule has 0 radical (unpaired) electrons. The van der Waals surface area contributed by atoms with E-state index in [1.807, 2.05) is 0 Å². The maximum Gasteiger partial charge on any atom is 0.305 e. The lowest BCUT2D eigenvalue weighted by Gasteiger charge is -2.60. The van der Waals surface area contributed by atoms with Crippen molar-refractivity contribution in [2.45, 2.75) is 76.8 Å². The fourth-order valence-corrected chi connectivity index (χ4v) is 6.71. The molecule has 6 heteroatoms. The van der Waals surface area contributed by atoms with E-state index in [4.69, 9.17) is 14.2 Å². The van der Waals surface area contributed by atoms with Crippen molar-refractivity contribution >= 4 is 5.97 Å². The minimum absolute atomic E-state index is 0.00578. The summed E-state index contributed by atoms with van der Waals surface area (Å²) in [6, 6.07) is 0. The first kappa shape index (κ1) is 22.0. The average Bonchev–Trinajstić information content (AvgIpc) is 3.19. The first-order valence-corrected chi connectivity index (χ1v) is 11.4. The van der Waals surface area contributed by atoms with Gasteiger partial charge in [-0.25, -0.2) is 0 Å². The molecule has 1 aliphatic heterocycles. The Labute approximate surface area is 179 Å². The minimum atomic E-state index is -0.725. The molecule has 0 aromatic carbocycles. The standard InChI is InChI=1S/C24H36O6/c1-4-8-23(15-25)14-18(30-19(26)5-2)20-17(21(23)27)7-6-16-13-24(28-11-12-29-24)10-9-22(16,20)3/h4,6,17-18,20-21,25,27H,1,5,7-15H2,2-3H3/t17-,18-,20-,21+,22+,23+/m0/s1. The van der Waals surface area contributed by atoms with E-state index in [0.29, 0.717) is 38.9 Å². The maximum atomic E-state index is 12.3. The summed E-state index contributed by atoms with van der Waals surface area (Å²) in [6.45, 7) is 9.00. The van der Waals surface area contributed by atoms with Crippen molar-refractivity contribution in [1.29, 1.82) is 0 Å². The summed E-state index contributed by atoms with van der Waals surface area (Å²) in [4.78, 5) is 12.3. The monoisotopic (exact) mass is 420 g/mol. The van der Waals surface area contributed by atoms with Crippen molar-refractivity contribution in [2.75, 3.05) is 19.8 Å². The molecule has 0 aromatic heterocycles. The number of allylic oxidation sites excluding steroid dienone is 2. The molecule has 0 unspecified atom stereocenters. The van der Waals surface area contributed by atoms with E-state index < -0.39 is 17.3 Å². The Balaban J connectivity index is 1.71. The summed E-state index contributed by atoms with van der Waals surface area (Å²) < 4.78 is 18.0. The molecule has 4 aliphatic rings. The molecule has 1 heterocycles. The van der Waals surface area contributed by atoms with Crippen LogP contribution in [0.3, 0.4) is 0 Å². The number of aliphatic hydroxyl groups excluding tert-OH is 2. The Kier molecular flexibility index (Phi) is 5.90. The lowest BCUT2D eigenvalue weighted by Crippen LogP contribution is -2.61. The highest BCUT2D eigenvalue weighted by Crippen LogP contribution is 2.62. The topological polar surface area (TPSA) is 85.2 Å². The molecule has 3 fully saturated rings. The number of rotatable bonds is 5. The van der Waals surface area contributed by atoms with Crippen LogP contribution in [-0.2, 0) is 19.0 Å². The molecule has 2 saturated carbocycles. The van der Waals surface area contributed by atoms with Crippen LogP contribution in [0.5, 0.6) is 0 Å². The smallest absolute Gasteiger partial charge is 0.305 e. The molecule has 168 valence electrons. The van der Waals surface area contributed by atoms with Crippen LogP contribution < -0.4 is 0 Å². The number of esters is 1. The zero-order valence-electron chi connectivity index (χ0n) is 18.3. The van der Waals surface area contributed by atoms with Crippen LogP contribution in [0.1, 0.15) is 58.8 Å². The summed E-state index contributed by atoms with van der Waals surface area (Å²) in [5.41, 5.74) is 0.373. The van der Waals surface area contributed by atoms with Crippen LogP contribution in [-0.4, -0.2) is 54.0 Å². The predicted molar refractivity (Wildman–Crippen MR) is 111 cm³/mol. The number of carbonyl (C=O) groups is 1. The van der Waals surface area contributed by atoms with Gasteiger partial charge in [-0.2, -0.15) is 0 Å². The van der Waals surface area contributed by atoms with E-state index in [-0.39, 0.29) is 35.9 Å². The van der Waals surface area contributed by atoms with Crippen molar-refractivity contribution in [1.82, 2.24) is 0 Å². The molecular formula is C24H36O6. The van der Waals surface area contributed by atoms with Crippen molar-refractivity contribution in [3.63, 3.8) is 0 Å². The first-order valence-electron chi connectivity index (χ1n) is 11.4. The van der Waals surface area contributed by atoms with Gasteiger partial charge in [-0.3, -0.25) is 4.79 Å². The van der Waals surface area contributed by atoms with Crippen LogP contribution in [0, 0.1) is 22.7 Å². The van der Waals surface area contributed by atoms with E-state index in [1.165, 1.54) is 5.57 Å². The quantitative estimate of drug-likeness (QED) is 0.525. The van der Waals surface area contributed by atoms with Crippen molar-refractivity contribution < 1.29 is 29.2 Å². The molecule has 1 saturated heterocycles. The highest BCUT2D eigenvalue weighted by molar-refractivity contribution is 5.69. The van der Waals surface area contributed by atoms with Crippen molar-refractivity contribution in [3.05, 3.63) is 24.3 Å². The molecule has 1 spiro atoms. The minimum Gasteiger partial charge on any atom is -0.462 e. The van der Waals surface area contributed by atoms with Crippen molar-refractivity contribution in [2.24, 2.45) is 22.7 Å². The number of carbonyl (C=O) groups excluding carboxylic acids is 1. The van der Waals surface area contributed by atoms with Gasteiger partial charge in [-0.1, -0.05) is 31.6 Å². The Morgan fingerprint density at radius 1 is 1.37 bits per heavy atom. The second-order valence-electron chi connectivity index (χ2n) is 9.90. The Bertz CT molecular complexity index is 710. The summed E-state index contributed by atoms with van der Waals surface area (Å²) in [7, 11) is 0. The molecule has 6 nitrogen and oxygen atoms in total. The van der Waals surface area contributed by atoms with E-state index in [1.54, 1.807) is 13.0 Å². The lowest BCUT2D eigenvalue weighted by molar-refractivity contribution is -0.213. The van der Waals surface area contributed by atoms with Gasteiger partial charge in [0.05, 0.1) is 25.9 Å². The second kappa shape index (κ2) is 8.05. The third kappa shape index (κ3) is 3.36. The molecule has 0 amide bonds. The van der Waals surface area contributed by atoms with Gasteiger partial charge in [0, 0.05) is 30.6 Å². The van der Waals surface area contributed by atoms with Gasteiger partial charge in [0.2, 0.25) is 0 Å². The largest absolute Gasteiger partial charge is 0.462 e. The van der Waals surface area contributed by atoms with Gasteiger partial charge in [-0.05, 0) is 37.0 Å². The lowest BCUT2D eigenvalue weighted by atomic mass is 9.48. The molecule has 3 aliphatic carbocycles. The number of aliphatic hydroxyl groups is 2. The van der Waals surface area contributed by atoms with E-state index in [9.17, 15) is 15.0 Å². The SMILES string of the molecule is C=CC[C@]1(CO)C[C@H](OC(=O)CC)[C@@H]2[C@H](CC=C3CC4(CC[C@]32C)OCCO4)[C@H]1O. The van der Waals surface area contributed by atoms with E-state index >= 15 is 0 Å². The molecule has 0 aromatic rings. The maximum absolute atomic E-state index is 12.3. The molecule has 0 bridgehead atoms. The number of hydrogen-bond acceptors (Lipinski definition) is 6. The first-order chi connectivity index (χ1) is 14.3. The van der Waals surface area contributed by atoms with E-state index in [0.717, 1.165) is 19.3 Å². The summed E-state index contributed by atoms with van der Waals surface area (Å²) in [6.07, 6.45) is 7.33. The number of ether oxygens (including phenoxy) is 3. The van der Waals surface area contributed by atoms with Crippen LogP contribution in [0.15, 0.2) is 24.3 Å². The summed E-state index contributed by atoms with van der Waals surface area (Å²) >= 11 is 0. The van der Waals surface area contributed by atoms with Gasteiger partial charge >= 0.3 is 5.97 Å². The predicted octanol–water partition coefficient (Wildman–Crippen LogP) is 3.12. The fraction of sp³-hybridized carbons (Fsp3) is 0.792. The number of hydrogen-bond donors (Lipinski definition) is 2. The zero-order chi connectivity index (χ0) is 21.6. The van der Waals surface area contributed by atoms with Crippen LogP contribution in [0.25, 0.3) is 0 Å². The van der Waals surface area contributed by atoms with Crippen LogP contribution in [0.4, 0.5) is 0 Å².